The van der Waals surface area contributed by atoms with E-state index >= 15 is 0 Å². The van der Waals surface area contributed by atoms with E-state index in [4.69, 9.17) is 26.1 Å². The maximum absolute atomic E-state index is 13.6. The third kappa shape index (κ3) is 4.61. The van der Waals surface area contributed by atoms with Crippen LogP contribution < -0.4 is 5.32 Å². The summed E-state index contributed by atoms with van der Waals surface area (Å²) in [6.45, 7) is 10.3. The highest BCUT2D eigenvalue weighted by atomic mass is 35.5. The molecule has 0 bridgehead atoms. The molecule has 3 aliphatic heterocycles. The number of aromatic amines is 1. The maximum atomic E-state index is 13.6. The molecule has 6 rings (SSSR count). The first-order valence-electron chi connectivity index (χ1n) is 12.8. The van der Waals surface area contributed by atoms with Crippen molar-refractivity contribution in [3.63, 3.8) is 0 Å². The van der Waals surface area contributed by atoms with Gasteiger partial charge in [-0.1, -0.05) is 25.1 Å². The molecule has 0 radical (unpaired) electrons. The first-order chi connectivity index (χ1) is 18.0. The highest BCUT2D eigenvalue weighted by molar-refractivity contribution is 6.34. The third-order valence-corrected chi connectivity index (χ3v) is 7.80. The smallest absolute Gasteiger partial charge is 0.324 e. The number of carbonyl (C=O) groups is 1. The molecular formula is C27H31ClN6O3. The first kappa shape index (κ1) is 24.4. The Hall–Kier alpha value is -2.98. The van der Waals surface area contributed by atoms with Gasteiger partial charge in [0.15, 0.2) is 5.65 Å². The van der Waals surface area contributed by atoms with E-state index in [0.29, 0.717) is 55.6 Å². The summed E-state index contributed by atoms with van der Waals surface area (Å²) in [7, 11) is 0. The minimum absolute atomic E-state index is 0.00121. The van der Waals surface area contributed by atoms with Gasteiger partial charge in [0.25, 0.3) is 0 Å². The van der Waals surface area contributed by atoms with Crippen LogP contribution in [0.4, 0.5) is 4.79 Å². The summed E-state index contributed by atoms with van der Waals surface area (Å²) in [5, 5.41) is 4.15. The van der Waals surface area contributed by atoms with Gasteiger partial charge in [0.2, 0.25) is 0 Å². The lowest BCUT2D eigenvalue weighted by atomic mass is 9.88. The van der Waals surface area contributed by atoms with Crippen molar-refractivity contribution in [2.75, 3.05) is 39.5 Å². The van der Waals surface area contributed by atoms with Crippen molar-refractivity contribution in [2.45, 2.75) is 38.5 Å². The van der Waals surface area contributed by atoms with Crippen molar-refractivity contribution < 1.29 is 14.3 Å². The molecule has 2 N–H and O–H groups in total. The quantitative estimate of drug-likeness (QED) is 0.539. The molecule has 5 heterocycles. The van der Waals surface area contributed by atoms with Crippen LogP contribution in [-0.4, -0.2) is 76.3 Å². The van der Waals surface area contributed by atoms with Gasteiger partial charge >= 0.3 is 6.03 Å². The van der Waals surface area contributed by atoms with Crippen molar-refractivity contribution >= 4 is 28.8 Å². The van der Waals surface area contributed by atoms with Crippen molar-refractivity contribution in [1.29, 1.82) is 0 Å². The van der Waals surface area contributed by atoms with Gasteiger partial charge < -0.3 is 24.7 Å². The number of halogens is 1. The molecule has 9 nitrogen and oxygen atoms in total. The summed E-state index contributed by atoms with van der Waals surface area (Å²) in [5.41, 5.74) is 7.33. The molecule has 0 saturated carbocycles. The van der Waals surface area contributed by atoms with E-state index in [1.165, 1.54) is 11.1 Å². The van der Waals surface area contributed by atoms with Crippen molar-refractivity contribution in [3.05, 3.63) is 58.5 Å². The lowest BCUT2D eigenvalue weighted by Gasteiger charge is -2.40. The van der Waals surface area contributed by atoms with Crippen LogP contribution in [0.2, 0.25) is 5.02 Å². The van der Waals surface area contributed by atoms with E-state index in [-0.39, 0.29) is 18.2 Å². The van der Waals surface area contributed by atoms with E-state index in [9.17, 15) is 4.79 Å². The van der Waals surface area contributed by atoms with Crippen LogP contribution in [0.1, 0.15) is 36.1 Å². The van der Waals surface area contributed by atoms with Crippen LogP contribution in [-0.2, 0) is 22.4 Å². The predicted molar refractivity (Wildman–Crippen MR) is 141 cm³/mol. The van der Waals surface area contributed by atoms with Crippen LogP contribution in [0.3, 0.4) is 0 Å². The van der Waals surface area contributed by atoms with Crippen molar-refractivity contribution in [2.24, 2.45) is 0 Å². The number of amides is 2. The monoisotopic (exact) mass is 522 g/mol. The molecular weight excluding hydrogens is 492 g/mol. The molecule has 37 heavy (non-hydrogen) atoms. The average molecular weight is 523 g/mol. The highest BCUT2D eigenvalue weighted by Gasteiger charge is 2.33. The lowest BCUT2D eigenvalue weighted by Crippen LogP contribution is -2.50. The summed E-state index contributed by atoms with van der Waals surface area (Å²) in [6, 6.07) is 4.38. The summed E-state index contributed by atoms with van der Waals surface area (Å²) >= 11 is 6.32. The number of fused-ring (bicyclic) bond motifs is 2. The second-order valence-corrected chi connectivity index (χ2v) is 10.3. The first-order valence-corrected chi connectivity index (χ1v) is 13.2. The third-order valence-electron chi connectivity index (χ3n) is 7.51. The second-order valence-electron chi connectivity index (χ2n) is 9.85. The number of rotatable bonds is 3. The normalized spacial score (nSPS) is 22.4. The minimum Gasteiger partial charge on any atom is -0.378 e. The van der Waals surface area contributed by atoms with E-state index in [2.05, 4.69) is 40.9 Å². The Kier molecular flexibility index (Phi) is 6.62. The molecule has 0 unspecified atom stereocenters. The Bertz CT molecular complexity index is 1350. The Morgan fingerprint density at radius 3 is 3.05 bits per heavy atom. The number of carbonyl (C=O) groups excluding carboxylic acids is 1. The number of urea groups is 1. The van der Waals surface area contributed by atoms with Crippen LogP contribution in [0.25, 0.3) is 22.4 Å². The Morgan fingerprint density at radius 2 is 2.24 bits per heavy atom. The van der Waals surface area contributed by atoms with Gasteiger partial charge in [-0.05, 0) is 41.7 Å². The molecule has 2 atom stereocenters. The number of morpholine rings is 2. The highest BCUT2D eigenvalue weighted by Crippen LogP contribution is 2.34. The van der Waals surface area contributed by atoms with Crippen LogP contribution in [0, 0.1) is 0 Å². The number of hydrogen-bond acceptors (Lipinski definition) is 6. The van der Waals surface area contributed by atoms with Gasteiger partial charge in [-0.3, -0.25) is 4.90 Å². The average Bonchev–Trinajstić information content (AvgIpc) is 3.32. The zero-order valence-electron chi connectivity index (χ0n) is 20.9. The molecule has 10 heteroatoms. The fourth-order valence-corrected chi connectivity index (χ4v) is 5.58. The molecule has 2 fully saturated rings. The fraction of sp³-hybridized carbons (Fsp3) is 0.444. The van der Waals surface area contributed by atoms with Gasteiger partial charge in [-0.25, -0.2) is 14.8 Å². The minimum atomic E-state index is -0.00121. The number of nitrogens with one attached hydrogen (secondary N) is 2. The van der Waals surface area contributed by atoms with E-state index in [0.717, 1.165) is 41.9 Å². The van der Waals surface area contributed by atoms with E-state index in [1.54, 1.807) is 17.3 Å². The predicted octanol–water partition coefficient (Wildman–Crippen LogP) is 4.04. The SMILES string of the molecule is C=C1CO[C@H](CC)CN1C(=O)N1CCc2cc(-c3cnc4[nH]cc(Cl)c4n3)cc([C@@H]3COCCN3)c2C1. The summed E-state index contributed by atoms with van der Waals surface area (Å²) in [5.74, 6) is 0. The maximum Gasteiger partial charge on any atom is 0.324 e. The molecule has 2 saturated heterocycles. The number of benzene rings is 1. The molecule has 2 aromatic heterocycles. The zero-order valence-corrected chi connectivity index (χ0v) is 21.7. The molecule has 3 aromatic rings. The summed E-state index contributed by atoms with van der Waals surface area (Å²) < 4.78 is 11.6. The fourth-order valence-electron chi connectivity index (χ4n) is 5.39. The van der Waals surface area contributed by atoms with E-state index in [1.807, 2.05) is 4.90 Å². The van der Waals surface area contributed by atoms with Gasteiger partial charge in [0, 0.05) is 37.1 Å². The van der Waals surface area contributed by atoms with Gasteiger partial charge in [-0.15, -0.1) is 0 Å². The number of H-pyrrole nitrogens is 1. The largest absolute Gasteiger partial charge is 0.378 e. The number of aromatic nitrogens is 3. The molecule has 2 amide bonds. The molecule has 1 aromatic carbocycles. The van der Waals surface area contributed by atoms with Crippen LogP contribution in [0.15, 0.2) is 36.8 Å². The second kappa shape index (κ2) is 10.1. The number of nitrogens with zero attached hydrogens (tertiary/aromatic N) is 4. The van der Waals surface area contributed by atoms with Crippen molar-refractivity contribution in [3.8, 4) is 11.3 Å². The van der Waals surface area contributed by atoms with Crippen LogP contribution in [0.5, 0.6) is 0 Å². The van der Waals surface area contributed by atoms with Gasteiger partial charge in [0.05, 0.1) is 55.4 Å². The Labute approximate surface area is 220 Å². The Balaban J connectivity index is 1.35. The van der Waals surface area contributed by atoms with Crippen molar-refractivity contribution in [1.82, 2.24) is 30.1 Å². The molecule has 3 aliphatic rings. The lowest BCUT2D eigenvalue weighted by molar-refractivity contribution is 0.00460. The topological polar surface area (TPSA) is 95.6 Å². The van der Waals surface area contributed by atoms with Gasteiger partial charge in [0.1, 0.15) is 5.52 Å². The Morgan fingerprint density at radius 1 is 1.35 bits per heavy atom. The molecule has 0 spiro atoms. The number of ether oxygens (including phenoxy) is 2. The summed E-state index contributed by atoms with van der Waals surface area (Å²) in [6.07, 6.45) is 5.14. The van der Waals surface area contributed by atoms with Crippen LogP contribution >= 0.6 is 11.6 Å². The standard InChI is InChI=1S/C27H31ClN6O3/c1-3-19-12-34(16(2)14-37-19)27(35)33-6-4-17-8-18(23-11-31-26-25(32-23)22(28)10-30-26)9-20(21(17)13-33)24-15-36-7-5-29-24/h8-11,19,24,29H,2-7,12-15H2,1H3,(H,30,31)/t19-,24+/m1/s1. The molecule has 194 valence electrons. The van der Waals surface area contributed by atoms with Gasteiger partial charge in [-0.2, -0.15) is 0 Å². The number of hydrogen-bond donors (Lipinski definition) is 2. The molecule has 0 aliphatic carbocycles. The summed E-state index contributed by atoms with van der Waals surface area (Å²) in [4.78, 5) is 29.7. The van der Waals surface area contributed by atoms with E-state index < -0.39 is 0 Å². The zero-order chi connectivity index (χ0) is 25.5.